The van der Waals surface area contributed by atoms with Gasteiger partial charge in [-0.3, -0.25) is 0 Å². The fourth-order valence-corrected chi connectivity index (χ4v) is 2.58. The fourth-order valence-electron chi connectivity index (χ4n) is 2.58. The van der Waals surface area contributed by atoms with Crippen molar-refractivity contribution in [2.75, 3.05) is 19.6 Å². The van der Waals surface area contributed by atoms with Gasteiger partial charge in [-0.1, -0.05) is 27.7 Å². The van der Waals surface area contributed by atoms with Gasteiger partial charge in [0.15, 0.2) is 0 Å². The number of hydrogen-bond donors (Lipinski definition) is 1. The highest BCUT2D eigenvalue weighted by atomic mass is 15.1. The Kier molecular flexibility index (Phi) is 5.77. The predicted octanol–water partition coefficient (Wildman–Crippen LogP) is 2.74. The van der Waals surface area contributed by atoms with Crippen LogP contribution in [0.5, 0.6) is 0 Å². The summed E-state index contributed by atoms with van der Waals surface area (Å²) in [6, 6.07) is 1.36. The first-order valence-electron chi connectivity index (χ1n) is 7.06. The van der Waals surface area contributed by atoms with Gasteiger partial charge in [0.25, 0.3) is 0 Å². The minimum Gasteiger partial charge on any atom is -0.310 e. The molecule has 0 heterocycles. The highest BCUT2D eigenvalue weighted by Gasteiger charge is 2.33. The Morgan fingerprint density at radius 2 is 1.69 bits per heavy atom. The van der Waals surface area contributed by atoms with Gasteiger partial charge in [0.1, 0.15) is 0 Å². The van der Waals surface area contributed by atoms with E-state index in [9.17, 15) is 0 Å². The van der Waals surface area contributed by atoms with Crippen LogP contribution in [0.25, 0.3) is 0 Å². The van der Waals surface area contributed by atoms with E-state index in [0.29, 0.717) is 6.04 Å². The van der Waals surface area contributed by atoms with Gasteiger partial charge in [-0.05, 0) is 44.7 Å². The van der Waals surface area contributed by atoms with E-state index in [2.05, 4.69) is 44.8 Å². The van der Waals surface area contributed by atoms with Gasteiger partial charge in [0.05, 0.1) is 0 Å². The fraction of sp³-hybridized carbons (Fsp3) is 1.00. The summed E-state index contributed by atoms with van der Waals surface area (Å²) in [5.41, 5.74) is 0. The largest absolute Gasteiger partial charge is 0.310 e. The monoisotopic (exact) mass is 226 g/mol. The third kappa shape index (κ3) is 4.42. The van der Waals surface area contributed by atoms with Crippen molar-refractivity contribution in [2.45, 2.75) is 59.5 Å². The molecule has 0 aromatic rings. The standard InChI is InChI=1S/C14H30N2/c1-6-16(7-2)10-12(5)15-14(11(3)4)13-8-9-13/h11-15H,6-10H2,1-5H3. The first-order valence-corrected chi connectivity index (χ1v) is 7.06. The summed E-state index contributed by atoms with van der Waals surface area (Å²) in [6.45, 7) is 15.0. The topological polar surface area (TPSA) is 15.3 Å². The molecule has 2 nitrogen and oxygen atoms in total. The molecule has 0 saturated heterocycles. The molecule has 1 aliphatic carbocycles. The summed E-state index contributed by atoms with van der Waals surface area (Å²) in [7, 11) is 0. The maximum absolute atomic E-state index is 3.84. The Balaban J connectivity index is 2.32. The molecule has 0 amide bonds. The van der Waals surface area contributed by atoms with Crippen LogP contribution in [0.4, 0.5) is 0 Å². The zero-order valence-electron chi connectivity index (χ0n) is 11.8. The van der Waals surface area contributed by atoms with Crippen LogP contribution < -0.4 is 5.32 Å². The minimum absolute atomic E-state index is 0.618. The van der Waals surface area contributed by atoms with Crippen LogP contribution in [0.15, 0.2) is 0 Å². The second-order valence-corrected chi connectivity index (χ2v) is 5.66. The number of nitrogens with zero attached hydrogens (tertiary/aromatic N) is 1. The van der Waals surface area contributed by atoms with Crippen molar-refractivity contribution >= 4 is 0 Å². The van der Waals surface area contributed by atoms with Gasteiger partial charge in [0, 0.05) is 18.6 Å². The van der Waals surface area contributed by atoms with E-state index in [4.69, 9.17) is 0 Å². The van der Waals surface area contributed by atoms with Crippen LogP contribution in [0.1, 0.15) is 47.5 Å². The van der Waals surface area contributed by atoms with E-state index in [0.717, 1.165) is 31.0 Å². The second-order valence-electron chi connectivity index (χ2n) is 5.66. The van der Waals surface area contributed by atoms with Crippen molar-refractivity contribution in [1.82, 2.24) is 10.2 Å². The maximum Gasteiger partial charge on any atom is 0.0169 e. The second kappa shape index (κ2) is 6.61. The lowest BCUT2D eigenvalue weighted by atomic mass is 9.98. The van der Waals surface area contributed by atoms with E-state index in [-0.39, 0.29) is 0 Å². The van der Waals surface area contributed by atoms with Crippen LogP contribution in [0, 0.1) is 11.8 Å². The summed E-state index contributed by atoms with van der Waals surface area (Å²) in [5.74, 6) is 1.73. The lowest BCUT2D eigenvalue weighted by molar-refractivity contribution is 0.241. The number of likely N-dealkylation sites (N-methyl/N-ethyl adjacent to an activating group) is 1. The van der Waals surface area contributed by atoms with Gasteiger partial charge in [0.2, 0.25) is 0 Å². The van der Waals surface area contributed by atoms with Crippen LogP contribution in [0.3, 0.4) is 0 Å². The summed E-state index contributed by atoms with van der Waals surface area (Å²) in [6.07, 6.45) is 2.88. The smallest absolute Gasteiger partial charge is 0.0169 e. The maximum atomic E-state index is 3.84. The number of hydrogen-bond acceptors (Lipinski definition) is 2. The van der Waals surface area contributed by atoms with Crippen molar-refractivity contribution in [3.63, 3.8) is 0 Å². The molecule has 2 atom stereocenters. The molecule has 0 aromatic heterocycles. The van der Waals surface area contributed by atoms with Crippen molar-refractivity contribution in [2.24, 2.45) is 11.8 Å². The van der Waals surface area contributed by atoms with Gasteiger partial charge < -0.3 is 10.2 Å². The van der Waals surface area contributed by atoms with Crippen LogP contribution in [-0.2, 0) is 0 Å². The Hall–Kier alpha value is -0.0800. The van der Waals surface area contributed by atoms with E-state index < -0.39 is 0 Å². The molecule has 2 unspecified atom stereocenters. The molecule has 2 heteroatoms. The van der Waals surface area contributed by atoms with Gasteiger partial charge in [-0.25, -0.2) is 0 Å². The molecule has 1 fully saturated rings. The molecule has 0 spiro atoms. The zero-order chi connectivity index (χ0) is 12.1. The third-order valence-electron chi connectivity index (χ3n) is 3.75. The predicted molar refractivity (Wildman–Crippen MR) is 71.7 cm³/mol. The molecule has 0 radical (unpaired) electrons. The average Bonchev–Trinajstić information content (AvgIpc) is 3.05. The Morgan fingerprint density at radius 1 is 1.12 bits per heavy atom. The minimum atomic E-state index is 0.618. The van der Waals surface area contributed by atoms with Gasteiger partial charge in [-0.2, -0.15) is 0 Å². The van der Waals surface area contributed by atoms with E-state index >= 15 is 0 Å². The molecular formula is C14H30N2. The van der Waals surface area contributed by atoms with E-state index in [1.807, 2.05) is 0 Å². The SMILES string of the molecule is CCN(CC)CC(C)NC(C(C)C)C1CC1. The summed E-state index contributed by atoms with van der Waals surface area (Å²) >= 11 is 0. The van der Waals surface area contributed by atoms with Crippen molar-refractivity contribution in [3.05, 3.63) is 0 Å². The lowest BCUT2D eigenvalue weighted by Crippen LogP contribution is -2.46. The first-order chi connectivity index (χ1) is 7.58. The Labute approximate surface area is 102 Å². The third-order valence-corrected chi connectivity index (χ3v) is 3.75. The van der Waals surface area contributed by atoms with Crippen LogP contribution in [-0.4, -0.2) is 36.6 Å². The van der Waals surface area contributed by atoms with E-state index in [1.165, 1.54) is 19.4 Å². The van der Waals surface area contributed by atoms with Crippen molar-refractivity contribution in [3.8, 4) is 0 Å². The molecule has 1 rings (SSSR count). The molecule has 0 aliphatic heterocycles. The van der Waals surface area contributed by atoms with Gasteiger partial charge >= 0.3 is 0 Å². The number of rotatable bonds is 8. The molecule has 96 valence electrons. The molecule has 1 aliphatic rings. The van der Waals surface area contributed by atoms with Crippen LogP contribution >= 0.6 is 0 Å². The highest BCUT2D eigenvalue weighted by Crippen LogP contribution is 2.35. The summed E-state index contributed by atoms with van der Waals surface area (Å²) in [4.78, 5) is 2.50. The van der Waals surface area contributed by atoms with Crippen molar-refractivity contribution in [1.29, 1.82) is 0 Å². The molecular weight excluding hydrogens is 196 g/mol. The lowest BCUT2D eigenvalue weighted by Gasteiger charge is -2.29. The summed E-state index contributed by atoms with van der Waals surface area (Å²) in [5, 5.41) is 3.84. The van der Waals surface area contributed by atoms with Gasteiger partial charge in [-0.15, -0.1) is 0 Å². The highest BCUT2D eigenvalue weighted by molar-refractivity contribution is 4.90. The molecule has 0 bridgehead atoms. The quantitative estimate of drug-likeness (QED) is 0.684. The van der Waals surface area contributed by atoms with E-state index in [1.54, 1.807) is 0 Å². The number of nitrogens with one attached hydrogen (secondary N) is 1. The zero-order valence-corrected chi connectivity index (χ0v) is 11.8. The first kappa shape index (κ1) is 14.0. The Bertz CT molecular complexity index is 181. The Morgan fingerprint density at radius 3 is 2.06 bits per heavy atom. The molecule has 1 N–H and O–H groups in total. The molecule has 16 heavy (non-hydrogen) atoms. The normalized spacial score (nSPS) is 20.4. The van der Waals surface area contributed by atoms with Crippen molar-refractivity contribution < 1.29 is 0 Å². The molecule has 0 aromatic carbocycles. The molecule has 1 saturated carbocycles. The summed E-state index contributed by atoms with van der Waals surface area (Å²) < 4.78 is 0. The van der Waals surface area contributed by atoms with Crippen LogP contribution in [0.2, 0.25) is 0 Å². The average molecular weight is 226 g/mol.